The number of hydrogen-bond donors (Lipinski definition) is 3. The zero-order chi connectivity index (χ0) is 7.11. The van der Waals surface area contributed by atoms with Gasteiger partial charge in [0.1, 0.15) is 0 Å². The zero-order valence-corrected chi connectivity index (χ0v) is 5.93. The van der Waals surface area contributed by atoms with Crippen molar-refractivity contribution in [1.29, 1.82) is 0 Å². The lowest BCUT2D eigenvalue weighted by atomic mass is 10.2. The zero-order valence-electron chi connectivity index (χ0n) is 5.93. The van der Waals surface area contributed by atoms with E-state index in [1.54, 1.807) is 0 Å². The van der Waals surface area contributed by atoms with Gasteiger partial charge >= 0.3 is 0 Å². The summed E-state index contributed by atoms with van der Waals surface area (Å²) in [5.41, 5.74) is 5.35. The van der Waals surface area contributed by atoms with Crippen LogP contribution >= 0.6 is 0 Å². The van der Waals surface area contributed by atoms with Gasteiger partial charge in [0.2, 0.25) is 0 Å². The smallest absolute Gasteiger partial charge is 0.0555 e. The van der Waals surface area contributed by atoms with Crippen molar-refractivity contribution < 1.29 is 5.11 Å². The number of rotatable bonds is 5. The molecule has 1 unspecified atom stereocenters. The molecule has 0 aromatic heterocycles. The van der Waals surface area contributed by atoms with Gasteiger partial charge in [-0.3, -0.25) is 0 Å². The standard InChI is InChI=1S/C6H16N2O/c1-6(4-7)5-8-2-3-9/h6,8-9H,2-5,7H2,1H3. The van der Waals surface area contributed by atoms with Crippen LogP contribution in [0.15, 0.2) is 0 Å². The maximum Gasteiger partial charge on any atom is 0.0555 e. The van der Waals surface area contributed by atoms with E-state index in [2.05, 4.69) is 12.2 Å². The van der Waals surface area contributed by atoms with Crippen LogP contribution in [0, 0.1) is 5.92 Å². The fourth-order valence-electron chi connectivity index (χ4n) is 0.511. The molecule has 3 heteroatoms. The lowest BCUT2D eigenvalue weighted by molar-refractivity contribution is 0.289. The molecule has 0 aromatic rings. The molecule has 0 aliphatic heterocycles. The average molecular weight is 132 g/mol. The Morgan fingerprint density at radius 3 is 2.78 bits per heavy atom. The first-order chi connectivity index (χ1) is 4.31. The van der Waals surface area contributed by atoms with Gasteiger partial charge < -0.3 is 16.2 Å². The van der Waals surface area contributed by atoms with E-state index in [-0.39, 0.29) is 6.61 Å². The van der Waals surface area contributed by atoms with Gasteiger partial charge in [0.05, 0.1) is 6.61 Å². The Kier molecular flexibility index (Phi) is 5.93. The van der Waals surface area contributed by atoms with Crippen molar-refractivity contribution in [3.63, 3.8) is 0 Å². The predicted octanol–water partition coefficient (Wildman–Crippen LogP) is -0.837. The van der Waals surface area contributed by atoms with E-state index >= 15 is 0 Å². The third kappa shape index (κ3) is 5.76. The first-order valence-corrected chi connectivity index (χ1v) is 3.33. The lowest BCUT2D eigenvalue weighted by Gasteiger charge is -2.07. The van der Waals surface area contributed by atoms with Crippen molar-refractivity contribution in [3.8, 4) is 0 Å². The van der Waals surface area contributed by atoms with Gasteiger partial charge in [0, 0.05) is 6.54 Å². The van der Waals surface area contributed by atoms with Gasteiger partial charge in [-0.05, 0) is 19.0 Å². The molecule has 0 amide bonds. The maximum atomic E-state index is 8.36. The summed E-state index contributed by atoms with van der Waals surface area (Å²) in [5, 5.41) is 11.4. The molecule has 0 aromatic carbocycles. The molecule has 0 fully saturated rings. The van der Waals surface area contributed by atoms with Crippen LogP contribution in [0.25, 0.3) is 0 Å². The molecule has 0 bridgehead atoms. The van der Waals surface area contributed by atoms with Gasteiger partial charge in [-0.15, -0.1) is 0 Å². The number of aliphatic hydroxyl groups is 1. The summed E-state index contributed by atoms with van der Waals surface area (Å²) < 4.78 is 0. The molecule has 0 saturated heterocycles. The van der Waals surface area contributed by atoms with Crippen molar-refractivity contribution in [2.24, 2.45) is 11.7 Å². The fraction of sp³-hybridized carbons (Fsp3) is 1.00. The van der Waals surface area contributed by atoms with Gasteiger partial charge in [-0.25, -0.2) is 0 Å². The van der Waals surface area contributed by atoms with Gasteiger partial charge in [0.25, 0.3) is 0 Å². The number of nitrogens with one attached hydrogen (secondary N) is 1. The van der Waals surface area contributed by atoms with Crippen molar-refractivity contribution in [2.45, 2.75) is 6.92 Å². The predicted molar refractivity (Wildman–Crippen MR) is 38.2 cm³/mol. The van der Waals surface area contributed by atoms with Crippen molar-refractivity contribution in [1.82, 2.24) is 5.32 Å². The summed E-state index contributed by atoms with van der Waals surface area (Å²) in [7, 11) is 0. The minimum absolute atomic E-state index is 0.206. The molecular weight excluding hydrogens is 116 g/mol. The van der Waals surface area contributed by atoms with Gasteiger partial charge in [-0.2, -0.15) is 0 Å². The first-order valence-electron chi connectivity index (χ1n) is 3.33. The monoisotopic (exact) mass is 132 g/mol. The summed E-state index contributed by atoms with van der Waals surface area (Å²) in [6, 6.07) is 0. The van der Waals surface area contributed by atoms with Crippen LogP contribution in [0.2, 0.25) is 0 Å². The molecule has 0 heterocycles. The highest BCUT2D eigenvalue weighted by Crippen LogP contribution is 1.85. The van der Waals surface area contributed by atoms with Crippen LogP contribution in [0.1, 0.15) is 6.92 Å². The van der Waals surface area contributed by atoms with Crippen LogP contribution in [0.3, 0.4) is 0 Å². The molecule has 0 aliphatic carbocycles. The molecular formula is C6H16N2O. The number of aliphatic hydroxyl groups excluding tert-OH is 1. The Labute approximate surface area is 56.2 Å². The quantitative estimate of drug-likeness (QED) is 0.428. The van der Waals surface area contributed by atoms with Gasteiger partial charge in [0.15, 0.2) is 0 Å². The molecule has 4 N–H and O–H groups in total. The third-order valence-corrected chi connectivity index (χ3v) is 1.18. The van der Waals surface area contributed by atoms with E-state index in [0.29, 0.717) is 19.0 Å². The normalized spacial score (nSPS) is 13.7. The number of nitrogens with two attached hydrogens (primary N) is 1. The second-order valence-electron chi connectivity index (χ2n) is 2.27. The molecule has 56 valence electrons. The third-order valence-electron chi connectivity index (χ3n) is 1.18. The highest BCUT2D eigenvalue weighted by atomic mass is 16.3. The molecule has 0 aliphatic rings. The topological polar surface area (TPSA) is 58.3 Å². The van der Waals surface area contributed by atoms with Crippen LogP contribution in [-0.2, 0) is 0 Å². The molecule has 9 heavy (non-hydrogen) atoms. The molecule has 0 saturated carbocycles. The number of hydrogen-bond acceptors (Lipinski definition) is 3. The van der Waals surface area contributed by atoms with Crippen LogP contribution in [-0.4, -0.2) is 31.3 Å². The summed E-state index contributed by atoms with van der Waals surface area (Å²) in [5.74, 6) is 0.511. The van der Waals surface area contributed by atoms with Crippen LogP contribution in [0.5, 0.6) is 0 Å². The molecule has 1 atom stereocenters. The lowest BCUT2D eigenvalue weighted by Crippen LogP contribution is -2.28. The minimum atomic E-state index is 0.206. The highest BCUT2D eigenvalue weighted by molar-refractivity contribution is 4.55. The van der Waals surface area contributed by atoms with E-state index in [9.17, 15) is 0 Å². The largest absolute Gasteiger partial charge is 0.395 e. The summed E-state index contributed by atoms with van der Waals surface area (Å²) in [4.78, 5) is 0. The second-order valence-corrected chi connectivity index (χ2v) is 2.27. The van der Waals surface area contributed by atoms with E-state index in [0.717, 1.165) is 6.54 Å². The Morgan fingerprint density at radius 2 is 2.33 bits per heavy atom. The molecule has 0 spiro atoms. The highest BCUT2D eigenvalue weighted by Gasteiger charge is 1.95. The van der Waals surface area contributed by atoms with Crippen molar-refractivity contribution in [2.75, 3.05) is 26.2 Å². The van der Waals surface area contributed by atoms with Crippen molar-refractivity contribution in [3.05, 3.63) is 0 Å². The summed E-state index contributed by atoms with van der Waals surface area (Å²) >= 11 is 0. The van der Waals surface area contributed by atoms with Crippen LogP contribution < -0.4 is 11.1 Å². The van der Waals surface area contributed by atoms with Crippen molar-refractivity contribution >= 4 is 0 Å². The Bertz CT molecular complexity index is 59.0. The fourth-order valence-corrected chi connectivity index (χ4v) is 0.511. The van der Waals surface area contributed by atoms with E-state index in [4.69, 9.17) is 10.8 Å². The maximum absolute atomic E-state index is 8.36. The Morgan fingerprint density at radius 1 is 1.67 bits per heavy atom. The molecule has 0 rings (SSSR count). The second kappa shape index (κ2) is 6.01. The first kappa shape index (κ1) is 8.88. The summed E-state index contributed by atoms with van der Waals surface area (Å²) in [6.07, 6.45) is 0. The molecule has 0 radical (unpaired) electrons. The molecule has 3 nitrogen and oxygen atoms in total. The van der Waals surface area contributed by atoms with Crippen LogP contribution in [0.4, 0.5) is 0 Å². The summed E-state index contributed by atoms with van der Waals surface area (Å²) in [6.45, 7) is 4.56. The average Bonchev–Trinajstić information content (AvgIpc) is 1.89. The Balaban J connectivity index is 2.88. The minimum Gasteiger partial charge on any atom is -0.395 e. The van der Waals surface area contributed by atoms with E-state index in [1.807, 2.05) is 0 Å². The Hall–Kier alpha value is -0.120. The van der Waals surface area contributed by atoms with E-state index in [1.165, 1.54) is 0 Å². The van der Waals surface area contributed by atoms with E-state index < -0.39 is 0 Å². The van der Waals surface area contributed by atoms with Gasteiger partial charge in [-0.1, -0.05) is 6.92 Å². The SMILES string of the molecule is CC(CN)CNCCO.